The summed E-state index contributed by atoms with van der Waals surface area (Å²) in [6.45, 7) is 6.16. The van der Waals surface area contributed by atoms with Gasteiger partial charge in [-0.15, -0.1) is 0 Å². The van der Waals surface area contributed by atoms with E-state index in [2.05, 4.69) is 18.7 Å². The second-order valence-corrected chi connectivity index (χ2v) is 8.99. The van der Waals surface area contributed by atoms with Gasteiger partial charge in [0.25, 0.3) is 0 Å². The molecule has 0 saturated carbocycles. The maximum absolute atomic E-state index is 11.7. The normalized spacial score (nSPS) is 24.5. The van der Waals surface area contributed by atoms with Crippen LogP contribution in [0.3, 0.4) is 0 Å². The van der Waals surface area contributed by atoms with Gasteiger partial charge in [0, 0.05) is 29.8 Å². The van der Waals surface area contributed by atoms with E-state index in [0.29, 0.717) is 16.2 Å². The van der Waals surface area contributed by atoms with Gasteiger partial charge in [0.1, 0.15) is 0 Å². The van der Waals surface area contributed by atoms with E-state index in [9.17, 15) is 8.42 Å². The second kappa shape index (κ2) is 5.25. The van der Waals surface area contributed by atoms with Crippen LogP contribution in [0.5, 0.6) is 0 Å². The maximum atomic E-state index is 11.7. The summed E-state index contributed by atoms with van der Waals surface area (Å²) < 4.78 is 23.4. The Balaban J connectivity index is 2.41. The minimum atomic E-state index is -3.28. The van der Waals surface area contributed by atoms with Crippen LogP contribution in [-0.4, -0.2) is 38.3 Å². The molecule has 1 saturated heterocycles. The van der Waals surface area contributed by atoms with Gasteiger partial charge in [-0.3, -0.25) is 0 Å². The third kappa shape index (κ3) is 3.17. The van der Waals surface area contributed by atoms with E-state index >= 15 is 0 Å². The molecule has 4 nitrogen and oxygen atoms in total. The predicted octanol–water partition coefficient (Wildman–Crippen LogP) is 2.00. The molecule has 0 amide bonds. The maximum Gasteiger partial charge on any atom is 0.177 e. The highest BCUT2D eigenvalue weighted by molar-refractivity contribution is 8.00. The summed E-state index contributed by atoms with van der Waals surface area (Å²) in [6, 6.07) is 5.23. The topological polar surface area (TPSA) is 63.4 Å². The molecular formula is C13H20N2O2S2. The molecule has 0 spiro atoms. The molecule has 19 heavy (non-hydrogen) atoms. The van der Waals surface area contributed by atoms with E-state index in [0.717, 1.165) is 18.8 Å². The number of nitrogens with two attached hydrogens (primary N) is 1. The Morgan fingerprint density at radius 2 is 1.84 bits per heavy atom. The minimum absolute atomic E-state index is 0.225. The van der Waals surface area contributed by atoms with Crippen LogP contribution in [0.1, 0.15) is 13.8 Å². The largest absolute Gasteiger partial charge is 0.396 e. The molecule has 1 fully saturated rings. The van der Waals surface area contributed by atoms with Crippen LogP contribution in [0.15, 0.2) is 23.1 Å². The first kappa shape index (κ1) is 14.5. The van der Waals surface area contributed by atoms with Gasteiger partial charge in [-0.25, -0.2) is 8.42 Å². The lowest BCUT2D eigenvalue weighted by atomic mass is 10.2. The molecule has 0 bridgehead atoms. The van der Waals surface area contributed by atoms with Gasteiger partial charge in [0.2, 0.25) is 0 Å². The van der Waals surface area contributed by atoms with Crippen molar-refractivity contribution >= 4 is 33.0 Å². The van der Waals surface area contributed by atoms with E-state index in [1.807, 2.05) is 17.8 Å². The fourth-order valence-electron chi connectivity index (χ4n) is 2.51. The highest BCUT2D eigenvalue weighted by Crippen LogP contribution is 2.34. The molecule has 2 unspecified atom stereocenters. The van der Waals surface area contributed by atoms with Crippen LogP contribution in [0.25, 0.3) is 0 Å². The van der Waals surface area contributed by atoms with E-state index in [-0.39, 0.29) is 4.90 Å². The summed E-state index contributed by atoms with van der Waals surface area (Å²) in [7, 11) is -3.28. The number of para-hydroxylation sites is 1. The summed E-state index contributed by atoms with van der Waals surface area (Å²) in [5.74, 6) is 0. The van der Waals surface area contributed by atoms with Crippen molar-refractivity contribution in [3.8, 4) is 0 Å². The summed E-state index contributed by atoms with van der Waals surface area (Å²) in [4.78, 5) is 2.42. The Kier molecular flexibility index (Phi) is 4.01. The van der Waals surface area contributed by atoms with E-state index in [4.69, 9.17) is 5.73 Å². The van der Waals surface area contributed by atoms with Gasteiger partial charge in [-0.05, 0) is 12.1 Å². The standard InChI is InChI=1S/C13H20N2O2S2/c1-9-7-15(8-10(2)18-9)11-5-4-6-12(13(11)14)19(3,16)17/h4-6,9-10H,7-8,14H2,1-3H3. The Bertz CT molecular complexity index is 562. The first-order valence-electron chi connectivity index (χ1n) is 6.28. The van der Waals surface area contributed by atoms with Gasteiger partial charge in [0.05, 0.1) is 16.3 Å². The third-order valence-electron chi connectivity index (χ3n) is 3.20. The smallest absolute Gasteiger partial charge is 0.177 e. The summed E-state index contributed by atoms with van der Waals surface area (Å²) in [6.07, 6.45) is 1.19. The zero-order valence-corrected chi connectivity index (χ0v) is 13.1. The molecule has 0 aliphatic carbocycles. The van der Waals surface area contributed by atoms with Crippen molar-refractivity contribution in [2.75, 3.05) is 30.0 Å². The molecule has 1 heterocycles. The SMILES string of the molecule is CC1CN(c2cccc(S(C)(=O)=O)c2N)CC(C)S1. The van der Waals surface area contributed by atoms with E-state index < -0.39 is 9.84 Å². The van der Waals surface area contributed by atoms with Crippen molar-refractivity contribution in [2.24, 2.45) is 0 Å². The number of hydrogen-bond donors (Lipinski definition) is 1. The number of thioether (sulfide) groups is 1. The van der Waals surface area contributed by atoms with Crippen LogP contribution in [0, 0.1) is 0 Å². The van der Waals surface area contributed by atoms with E-state index in [1.165, 1.54) is 6.26 Å². The Hall–Kier alpha value is -0.880. The van der Waals surface area contributed by atoms with Crippen molar-refractivity contribution in [3.63, 3.8) is 0 Å². The molecule has 1 aliphatic heterocycles. The monoisotopic (exact) mass is 300 g/mol. The van der Waals surface area contributed by atoms with Crippen molar-refractivity contribution in [1.29, 1.82) is 0 Å². The second-order valence-electron chi connectivity index (χ2n) is 5.12. The van der Waals surface area contributed by atoms with Crippen molar-refractivity contribution < 1.29 is 8.42 Å². The first-order valence-corrected chi connectivity index (χ1v) is 9.11. The first-order chi connectivity index (χ1) is 8.79. The molecule has 106 valence electrons. The highest BCUT2D eigenvalue weighted by Gasteiger charge is 2.25. The zero-order chi connectivity index (χ0) is 14.2. The predicted molar refractivity (Wildman–Crippen MR) is 82.7 cm³/mol. The summed E-state index contributed by atoms with van der Waals surface area (Å²) in [5, 5.41) is 1.04. The lowest BCUT2D eigenvalue weighted by molar-refractivity contribution is 0.602. The summed E-state index contributed by atoms with van der Waals surface area (Å²) in [5.41, 5.74) is 7.27. The average Bonchev–Trinajstić information content (AvgIpc) is 2.26. The molecule has 1 aromatic rings. The molecule has 2 rings (SSSR count). The van der Waals surface area contributed by atoms with Crippen LogP contribution < -0.4 is 10.6 Å². The average molecular weight is 300 g/mol. The minimum Gasteiger partial charge on any atom is -0.396 e. The van der Waals surface area contributed by atoms with Crippen molar-refractivity contribution in [3.05, 3.63) is 18.2 Å². The molecule has 1 aliphatic rings. The Morgan fingerprint density at radius 3 is 2.37 bits per heavy atom. The number of anilines is 2. The van der Waals surface area contributed by atoms with Crippen molar-refractivity contribution in [2.45, 2.75) is 29.2 Å². The molecule has 2 N–H and O–H groups in total. The zero-order valence-electron chi connectivity index (χ0n) is 11.5. The quantitative estimate of drug-likeness (QED) is 0.846. The molecular weight excluding hydrogens is 280 g/mol. The van der Waals surface area contributed by atoms with Gasteiger partial charge < -0.3 is 10.6 Å². The number of nitrogens with zero attached hydrogens (tertiary/aromatic N) is 1. The number of rotatable bonds is 2. The molecule has 0 radical (unpaired) electrons. The molecule has 0 aromatic heterocycles. The fourth-order valence-corrected chi connectivity index (χ4v) is 4.66. The van der Waals surface area contributed by atoms with Gasteiger partial charge in [-0.1, -0.05) is 19.9 Å². The number of nitrogen functional groups attached to an aromatic ring is 1. The Morgan fingerprint density at radius 1 is 1.26 bits per heavy atom. The summed E-state index contributed by atoms with van der Waals surface area (Å²) >= 11 is 1.95. The highest BCUT2D eigenvalue weighted by atomic mass is 32.2. The van der Waals surface area contributed by atoms with Crippen LogP contribution in [-0.2, 0) is 9.84 Å². The molecule has 1 aromatic carbocycles. The molecule has 6 heteroatoms. The van der Waals surface area contributed by atoms with Crippen molar-refractivity contribution in [1.82, 2.24) is 0 Å². The van der Waals surface area contributed by atoms with Crippen LogP contribution >= 0.6 is 11.8 Å². The Labute approximate surface area is 119 Å². The van der Waals surface area contributed by atoms with Crippen LogP contribution in [0.2, 0.25) is 0 Å². The number of benzene rings is 1. The van der Waals surface area contributed by atoms with Gasteiger partial charge in [0.15, 0.2) is 9.84 Å². The molecule has 2 atom stereocenters. The fraction of sp³-hybridized carbons (Fsp3) is 0.538. The van der Waals surface area contributed by atoms with Crippen LogP contribution in [0.4, 0.5) is 11.4 Å². The number of hydrogen-bond acceptors (Lipinski definition) is 5. The van der Waals surface area contributed by atoms with Gasteiger partial charge >= 0.3 is 0 Å². The van der Waals surface area contributed by atoms with E-state index in [1.54, 1.807) is 12.1 Å². The van der Waals surface area contributed by atoms with Gasteiger partial charge in [-0.2, -0.15) is 11.8 Å². The third-order valence-corrected chi connectivity index (χ3v) is 5.59. The lowest BCUT2D eigenvalue weighted by Gasteiger charge is -2.37. The lowest BCUT2D eigenvalue weighted by Crippen LogP contribution is -2.40. The number of sulfone groups is 1.